The molecular weight excluding hydrogens is 154 g/mol. The van der Waals surface area contributed by atoms with Gasteiger partial charge in [0.1, 0.15) is 6.29 Å². The second-order valence-corrected chi connectivity index (χ2v) is 3.73. The van der Waals surface area contributed by atoms with Gasteiger partial charge in [0.15, 0.2) is 0 Å². The third-order valence-corrected chi connectivity index (χ3v) is 2.94. The molecule has 0 amide bonds. The summed E-state index contributed by atoms with van der Waals surface area (Å²) in [7, 11) is 0. The highest BCUT2D eigenvalue weighted by atomic mass is 16.7. The summed E-state index contributed by atoms with van der Waals surface area (Å²) in [5, 5.41) is 2.01. The largest absolute Gasteiger partial charge is 0.303 e. The van der Waals surface area contributed by atoms with Crippen molar-refractivity contribution >= 4 is 6.29 Å². The van der Waals surface area contributed by atoms with Crippen LogP contribution in [-0.4, -0.2) is 30.0 Å². The van der Waals surface area contributed by atoms with E-state index in [-0.39, 0.29) is 12.0 Å². The van der Waals surface area contributed by atoms with Crippen LogP contribution in [0.25, 0.3) is 0 Å². The van der Waals surface area contributed by atoms with E-state index in [0.29, 0.717) is 6.04 Å². The van der Waals surface area contributed by atoms with Crippen LogP contribution in [0.4, 0.5) is 0 Å². The fourth-order valence-electron chi connectivity index (χ4n) is 2.24. The van der Waals surface area contributed by atoms with Crippen molar-refractivity contribution in [3.8, 4) is 0 Å². The van der Waals surface area contributed by atoms with Gasteiger partial charge in [0.05, 0.1) is 12.0 Å². The summed E-state index contributed by atoms with van der Waals surface area (Å²) < 4.78 is 0. The molecule has 2 rings (SSSR count). The zero-order valence-corrected chi connectivity index (χ0v) is 7.40. The Bertz CT molecular complexity index is 183. The van der Waals surface area contributed by atoms with E-state index in [1.165, 1.54) is 12.8 Å². The van der Waals surface area contributed by atoms with E-state index in [4.69, 9.17) is 4.84 Å². The van der Waals surface area contributed by atoms with Crippen LogP contribution in [0.1, 0.15) is 26.2 Å². The predicted octanol–water partition coefficient (Wildman–Crippen LogP) is 0.990. The minimum atomic E-state index is 0.0885. The first-order valence-corrected chi connectivity index (χ1v) is 4.71. The highest BCUT2D eigenvalue weighted by molar-refractivity contribution is 5.56. The summed E-state index contributed by atoms with van der Waals surface area (Å²) in [5.41, 5.74) is 0. The lowest BCUT2D eigenvalue weighted by atomic mass is 9.91. The number of carbonyl (C=O) groups excluding carboxylic acids is 1. The zero-order valence-electron chi connectivity index (χ0n) is 7.40. The number of fused-ring (bicyclic) bond motifs is 1. The molecule has 2 saturated heterocycles. The monoisotopic (exact) mass is 169 g/mol. The third kappa shape index (κ3) is 1.17. The van der Waals surface area contributed by atoms with Crippen LogP contribution in [0.3, 0.4) is 0 Å². The molecule has 0 bridgehead atoms. The average Bonchev–Trinajstić information content (AvgIpc) is 2.40. The minimum absolute atomic E-state index is 0.0885. The topological polar surface area (TPSA) is 29.5 Å². The van der Waals surface area contributed by atoms with Gasteiger partial charge in [-0.3, -0.25) is 4.84 Å². The van der Waals surface area contributed by atoms with Gasteiger partial charge in [-0.2, -0.15) is 5.06 Å². The quantitative estimate of drug-likeness (QED) is 0.548. The molecule has 2 heterocycles. The average molecular weight is 169 g/mol. The molecule has 0 aliphatic carbocycles. The van der Waals surface area contributed by atoms with Crippen LogP contribution < -0.4 is 0 Å². The van der Waals surface area contributed by atoms with E-state index >= 15 is 0 Å². The van der Waals surface area contributed by atoms with Gasteiger partial charge in [-0.1, -0.05) is 6.42 Å². The van der Waals surface area contributed by atoms with Gasteiger partial charge in [-0.15, -0.1) is 0 Å². The lowest BCUT2D eigenvalue weighted by Gasteiger charge is -2.28. The van der Waals surface area contributed by atoms with Crippen molar-refractivity contribution in [2.45, 2.75) is 38.3 Å². The van der Waals surface area contributed by atoms with E-state index in [0.717, 1.165) is 19.3 Å². The Hall–Kier alpha value is -0.410. The van der Waals surface area contributed by atoms with Gasteiger partial charge < -0.3 is 4.79 Å². The van der Waals surface area contributed by atoms with E-state index in [9.17, 15) is 4.79 Å². The Balaban J connectivity index is 2.10. The van der Waals surface area contributed by atoms with Crippen LogP contribution in [0.15, 0.2) is 0 Å². The van der Waals surface area contributed by atoms with Crippen molar-refractivity contribution in [3.63, 3.8) is 0 Å². The molecule has 0 aromatic carbocycles. The fourth-order valence-corrected chi connectivity index (χ4v) is 2.24. The lowest BCUT2D eigenvalue weighted by Crippen LogP contribution is -2.36. The first-order chi connectivity index (χ1) is 5.83. The lowest BCUT2D eigenvalue weighted by molar-refractivity contribution is -0.167. The highest BCUT2D eigenvalue weighted by Crippen LogP contribution is 2.32. The van der Waals surface area contributed by atoms with Crippen LogP contribution in [0, 0.1) is 5.92 Å². The standard InChI is InChI=1S/C9H15NO2/c1-7-8(6-11)9-4-2-3-5-10(9)12-7/h6-9H,2-5H2,1H3/t7-,8-,9-/m1/s1. The Morgan fingerprint density at radius 2 is 2.33 bits per heavy atom. The maximum Gasteiger partial charge on any atom is 0.127 e. The summed E-state index contributed by atoms with van der Waals surface area (Å²) in [6.45, 7) is 2.98. The highest BCUT2D eigenvalue weighted by Gasteiger charge is 2.41. The number of hydrogen-bond donors (Lipinski definition) is 0. The van der Waals surface area contributed by atoms with Gasteiger partial charge in [0.2, 0.25) is 0 Å². The maximum absolute atomic E-state index is 10.8. The fraction of sp³-hybridized carbons (Fsp3) is 0.889. The molecule has 0 spiro atoms. The summed E-state index contributed by atoms with van der Waals surface area (Å²) in [6, 6.07) is 0.367. The number of aldehydes is 1. The summed E-state index contributed by atoms with van der Waals surface area (Å²) >= 11 is 0. The van der Waals surface area contributed by atoms with Crippen molar-refractivity contribution in [2.24, 2.45) is 5.92 Å². The summed E-state index contributed by atoms with van der Waals surface area (Å²) in [4.78, 5) is 16.3. The van der Waals surface area contributed by atoms with Gasteiger partial charge in [0, 0.05) is 12.6 Å². The molecule has 0 unspecified atom stereocenters. The maximum atomic E-state index is 10.8. The molecule has 3 heteroatoms. The molecule has 3 atom stereocenters. The Morgan fingerprint density at radius 1 is 1.50 bits per heavy atom. The van der Waals surface area contributed by atoms with Crippen LogP contribution in [0.5, 0.6) is 0 Å². The smallest absolute Gasteiger partial charge is 0.127 e. The zero-order chi connectivity index (χ0) is 8.55. The SMILES string of the molecule is C[C@H]1ON2CCCC[C@@H]2[C@@H]1C=O. The van der Waals surface area contributed by atoms with Crippen molar-refractivity contribution in [1.29, 1.82) is 0 Å². The van der Waals surface area contributed by atoms with Gasteiger partial charge >= 0.3 is 0 Å². The first-order valence-electron chi connectivity index (χ1n) is 4.71. The molecule has 0 radical (unpaired) electrons. The Morgan fingerprint density at radius 3 is 3.08 bits per heavy atom. The van der Waals surface area contributed by atoms with Gasteiger partial charge in [-0.05, 0) is 19.8 Å². The number of rotatable bonds is 1. The van der Waals surface area contributed by atoms with E-state index < -0.39 is 0 Å². The normalized spacial score (nSPS) is 42.6. The molecule has 2 aliphatic heterocycles. The van der Waals surface area contributed by atoms with Crippen molar-refractivity contribution in [1.82, 2.24) is 5.06 Å². The number of hydrogen-bond acceptors (Lipinski definition) is 3. The van der Waals surface area contributed by atoms with Crippen LogP contribution >= 0.6 is 0 Å². The Labute approximate surface area is 72.6 Å². The number of nitrogens with zero attached hydrogens (tertiary/aromatic N) is 1. The first kappa shape index (κ1) is 8.20. The van der Waals surface area contributed by atoms with Crippen molar-refractivity contribution in [3.05, 3.63) is 0 Å². The van der Waals surface area contributed by atoms with Gasteiger partial charge in [-0.25, -0.2) is 0 Å². The predicted molar refractivity (Wildman–Crippen MR) is 44.4 cm³/mol. The molecule has 68 valence electrons. The molecular formula is C9H15NO2. The Kier molecular flexibility index (Phi) is 2.15. The molecule has 3 nitrogen and oxygen atoms in total. The van der Waals surface area contributed by atoms with Crippen LogP contribution in [0.2, 0.25) is 0 Å². The van der Waals surface area contributed by atoms with Crippen LogP contribution in [-0.2, 0) is 9.63 Å². The molecule has 0 N–H and O–H groups in total. The number of piperidine rings is 1. The molecule has 0 aromatic rings. The minimum Gasteiger partial charge on any atom is -0.303 e. The van der Waals surface area contributed by atoms with E-state index in [1.807, 2.05) is 12.0 Å². The van der Waals surface area contributed by atoms with Crippen molar-refractivity contribution in [2.75, 3.05) is 6.54 Å². The molecule has 0 saturated carbocycles. The molecule has 2 aliphatic rings. The molecule has 2 fully saturated rings. The van der Waals surface area contributed by atoms with E-state index in [2.05, 4.69) is 0 Å². The second kappa shape index (κ2) is 3.15. The second-order valence-electron chi connectivity index (χ2n) is 3.73. The third-order valence-electron chi connectivity index (χ3n) is 2.94. The molecule has 12 heavy (non-hydrogen) atoms. The van der Waals surface area contributed by atoms with E-state index in [1.54, 1.807) is 0 Å². The number of carbonyl (C=O) groups is 1. The van der Waals surface area contributed by atoms with Crippen molar-refractivity contribution < 1.29 is 9.63 Å². The number of hydroxylamine groups is 2. The van der Waals surface area contributed by atoms with Gasteiger partial charge in [0.25, 0.3) is 0 Å². The summed E-state index contributed by atoms with van der Waals surface area (Å²) in [5.74, 6) is 0.102. The molecule has 0 aromatic heterocycles. The summed E-state index contributed by atoms with van der Waals surface area (Å²) in [6.07, 6.45) is 4.70.